The first-order chi connectivity index (χ1) is 10.6. The number of anilines is 1. The number of fused-ring (bicyclic) bond motifs is 1. The lowest BCUT2D eigenvalue weighted by Gasteiger charge is -2.22. The Balaban J connectivity index is 1.87. The molecule has 3 N–H and O–H groups in total. The summed E-state index contributed by atoms with van der Waals surface area (Å²) >= 11 is 0. The van der Waals surface area contributed by atoms with Gasteiger partial charge in [-0.25, -0.2) is 4.98 Å². The minimum atomic E-state index is -1.16. The molecule has 0 aliphatic heterocycles. The van der Waals surface area contributed by atoms with E-state index >= 15 is 0 Å². The van der Waals surface area contributed by atoms with E-state index in [2.05, 4.69) is 10.3 Å². The number of aliphatic hydroxyl groups is 2. The van der Waals surface area contributed by atoms with Crippen molar-refractivity contribution in [3.8, 4) is 0 Å². The molecular weight excluding hydrogens is 280 g/mol. The highest BCUT2D eigenvalue weighted by molar-refractivity contribution is 5.81. The molecule has 0 radical (unpaired) electrons. The van der Waals surface area contributed by atoms with Gasteiger partial charge in [0, 0.05) is 10.9 Å². The molecule has 114 valence electrons. The molecule has 3 rings (SSSR count). The van der Waals surface area contributed by atoms with Crippen molar-refractivity contribution in [2.24, 2.45) is 0 Å². The molecule has 0 amide bonds. The maximum absolute atomic E-state index is 10.5. The fourth-order valence-electron chi connectivity index (χ4n) is 2.36. The van der Waals surface area contributed by atoms with Crippen LogP contribution in [0.4, 0.5) is 5.82 Å². The van der Waals surface area contributed by atoms with Crippen molar-refractivity contribution in [1.29, 1.82) is 0 Å². The summed E-state index contributed by atoms with van der Waals surface area (Å²) in [4.78, 5) is 4.52. The van der Waals surface area contributed by atoms with Crippen LogP contribution in [0.5, 0.6) is 0 Å². The van der Waals surface area contributed by atoms with Crippen LogP contribution in [-0.2, 0) is 12.2 Å². The number of nitrogens with one attached hydrogen (secondary N) is 1. The first-order valence-corrected chi connectivity index (χ1v) is 7.10. The van der Waals surface area contributed by atoms with Crippen molar-refractivity contribution in [3.05, 3.63) is 60.1 Å². The zero-order chi connectivity index (χ0) is 15.6. The second-order valence-electron chi connectivity index (χ2n) is 5.45. The van der Waals surface area contributed by atoms with Crippen LogP contribution in [0, 0.1) is 0 Å². The molecule has 5 heteroatoms. The van der Waals surface area contributed by atoms with Gasteiger partial charge in [0.05, 0.1) is 24.9 Å². The Hall–Kier alpha value is -2.37. The average Bonchev–Trinajstić information content (AvgIpc) is 3.07. The van der Waals surface area contributed by atoms with E-state index in [0.29, 0.717) is 17.1 Å². The molecule has 3 aromatic rings. The number of rotatable bonds is 5. The number of aliphatic hydroxyl groups excluding tert-OH is 1. The average molecular weight is 298 g/mol. The Morgan fingerprint density at radius 1 is 1.23 bits per heavy atom. The maximum atomic E-state index is 10.5. The molecule has 1 atom stereocenters. The van der Waals surface area contributed by atoms with Crippen LogP contribution in [0.2, 0.25) is 0 Å². The van der Waals surface area contributed by atoms with Crippen LogP contribution in [0.1, 0.15) is 18.2 Å². The summed E-state index contributed by atoms with van der Waals surface area (Å²) < 4.78 is 5.25. The number of hydrogen-bond donors (Lipinski definition) is 3. The van der Waals surface area contributed by atoms with Gasteiger partial charge in [-0.1, -0.05) is 18.2 Å². The molecule has 22 heavy (non-hydrogen) atoms. The Labute approximate surface area is 128 Å². The zero-order valence-corrected chi connectivity index (χ0v) is 12.3. The predicted molar refractivity (Wildman–Crippen MR) is 84.4 cm³/mol. The van der Waals surface area contributed by atoms with Gasteiger partial charge in [-0.15, -0.1) is 0 Å². The summed E-state index contributed by atoms with van der Waals surface area (Å²) in [7, 11) is 0. The monoisotopic (exact) mass is 298 g/mol. The van der Waals surface area contributed by atoms with Gasteiger partial charge >= 0.3 is 0 Å². The molecule has 0 spiro atoms. The van der Waals surface area contributed by atoms with E-state index in [4.69, 9.17) is 4.42 Å². The Morgan fingerprint density at radius 3 is 2.77 bits per heavy atom. The number of benzene rings is 1. The summed E-state index contributed by atoms with van der Waals surface area (Å²) in [6, 6.07) is 13.1. The molecule has 1 unspecified atom stereocenters. The van der Waals surface area contributed by atoms with E-state index in [9.17, 15) is 10.2 Å². The van der Waals surface area contributed by atoms with Gasteiger partial charge in [0.25, 0.3) is 0 Å². The van der Waals surface area contributed by atoms with E-state index in [1.807, 2.05) is 30.3 Å². The largest absolute Gasteiger partial charge is 0.466 e. The van der Waals surface area contributed by atoms with Crippen molar-refractivity contribution in [1.82, 2.24) is 4.98 Å². The molecule has 0 saturated heterocycles. The second kappa shape index (κ2) is 5.79. The number of aromatic nitrogens is 1. The van der Waals surface area contributed by atoms with E-state index in [1.54, 1.807) is 19.1 Å². The van der Waals surface area contributed by atoms with Crippen molar-refractivity contribution in [3.63, 3.8) is 0 Å². The van der Waals surface area contributed by atoms with E-state index in [-0.39, 0.29) is 13.2 Å². The van der Waals surface area contributed by atoms with Crippen molar-refractivity contribution in [2.75, 3.05) is 11.9 Å². The number of nitrogens with zero attached hydrogens (tertiary/aromatic N) is 1. The topological polar surface area (TPSA) is 78.5 Å². The Kier molecular flexibility index (Phi) is 3.83. The lowest BCUT2D eigenvalue weighted by Crippen LogP contribution is -2.30. The van der Waals surface area contributed by atoms with E-state index in [0.717, 1.165) is 10.9 Å². The molecule has 5 nitrogen and oxygen atoms in total. The second-order valence-corrected chi connectivity index (χ2v) is 5.45. The van der Waals surface area contributed by atoms with Crippen molar-refractivity contribution in [2.45, 2.75) is 19.1 Å². The third kappa shape index (κ3) is 2.81. The third-order valence-corrected chi connectivity index (χ3v) is 3.63. The number of pyridine rings is 1. The Morgan fingerprint density at radius 2 is 2.05 bits per heavy atom. The molecule has 2 aromatic heterocycles. The highest BCUT2D eigenvalue weighted by Crippen LogP contribution is 2.24. The summed E-state index contributed by atoms with van der Waals surface area (Å²) in [6.07, 6.45) is 1.53. The van der Waals surface area contributed by atoms with Crippen molar-refractivity contribution >= 4 is 16.7 Å². The van der Waals surface area contributed by atoms with Gasteiger partial charge in [0.2, 0.25) is 0 Å². The number of para-hydroxylation sites is 1. The first-order valence-electron chi connectivity index (χ1n) is 7.10. The predicted octanol–water partition coefficient (Wildman–Crippen LogP) is 2.64. The van der Waals surface area contributed by atoms with Crippen LogP contribution in [0.3, 0.4) is 0 Å². The van der Waals surface area contributed by atoms with Crippen molar-refractivity contribution < 1.29 is 14.6 Å². The minimum Gasteiger partial charge on any atom is -0.466 e. The zero-order valence-electron chi connectivity index (χ0n) is 12.3. The maximum Gasteiger partial charge on any atom is 0.136 e. The summed E-state index contributed by atoms with van der Waals surface area (Å²) in [5.74, 6) is 1.04. The molecule has 0 aliphatic carbocycles. The lowest BCUT2D eigenvalue weighted by molar-refractivity contribution is 0.0475. The van der Waals surface area contributed by atoms with Crippen LogP contribution in [-0.4, -0.2) is 21.7 Å². The first kappa shape index (κ1) is 14.6. The number of furan rings is 1. The minimum absolute atomic E-state index is 0.122. The van der Waals surface area contributed by atoms with Gasteiger partial charge in [-0.3, -0.25) is 0 Å². The standard InChI is InChI=1S/C17H18N2O3/c1-17(21,15-7-4-8-22-15)11-18-16-13(10-20)9-12-5-2-3-6-14(12)19-16/h2-9,20-21H,10-11H2,1H3,(H,18,19). The summed E-state index contributed by atoms with van der Waals surface area (Å²) in [5.41, 5.74) is 0.359. The Bertz CT molecular complexity index is 767. The summed E-state index contributed by atoms with van der Waals surface area (Å²) in [6.45, 7) is 1.76. The third-order valence-electron chi connectivity index (χ3n) is 3.63. The smallest absolute Gasteiger partial charge is 0.136 e. The van der Waals surface area contributed by atoms with Crippen LogP contribution in [0.25, 0.3) is 10.9 Å². The van der Waals surface area contributed by atoms with Crippen LogP contribution >= 0.6 is 0 Å². The van der Waals surface area contributed by atoms with Gasteiger partial charge in [0.1, 0.15) is 17.2 Å². The molecule has 2 heterocycles. The quantitative estimate of drug-likeness (QED) is 0.675. The van der Waals surface area contributed by atoms with Gasteiger partial charge in [0.15, 0.2) is 0 Å². The molecule has 0 fully saturated rings. The highest BCUT2D eigenvalue weighted by Gasteiger charge is 2.26. The molecule has 0 bridgehead atoms. The lowest BCUT2D eigenvalue weighted by atomic mass is 10.0. The van der Waals surface area contributed by atoms with Gasteiger partial charge in [-0.05, 0) is 31.2 Å². The number of hydrogen-bond acceptors (Lipinski definition) is 5. The fourth-order valence-corrected chi connectivity index (χ4v) is 2.36. The molecular formula is C17H18N2O3. The highest BCUT2D eigenvalue weighted by atomic mass is 16.4. The SMILES string of the molecule is CC(O)(CNc1nc2ccccc2cc1CO)c1ccco1. The normalized spacial score (nSPS) is 14.0. The molecule has 0 aliphatic rings. The molecule has 0 saturated carbocycles. The van der Waals surface area contributed by atoms with Gasteiger partial charge < -0.3 is 19.9 Å². The van der Waals surface area contributed by atoms with E-state index in [1.165, 1.54) is 6.26 Å². The van der Waals surface area contributed by atoms with Crippen LogP contribution in [0.15, 0.2) is 53.1 Å². The molecule has 1 aromatic carbocycles. The fraction of sp³-hybridized carbons (Fsp3) is 0.235. The van der Waals surface area contributed by atoms with E-state index < -0.39 is 5.60 Å². The van der Waals surface area contributed by atoms with Gasteiger partial charge in [-0.2, -0.15) is 0 Å². The summed E-state index contributed by atoms with van der Waals surface area (Å²) in [5, 5.41) is 24.1. The van der Waals surface area contributed by atoms with Crippen LogP contribution < -0.4 is 5.32 Å².